The first-order valence-electron chi connectivity index (χ1n) is 25.5. The van der Waals surface area contributed by atoms with Crippen LogP contribution in [0.3, 0.4) is 0 Å². The van der Waals surface area contributed by atoms with Gasteiger partial charge in [0.05, 0.1) is 33.0 Å². The second-order valence-corrected chi connectivity index (χ2v) is 13.8. The molecule has 0 saturated carbocycles. The molecule has 5 heteroatoms. The second kappa shape index (κ2) is 13.3. The van der Waals surface area contributed by atoms with E-state index in [0.717, 1.165) is 35.9 Å². The lowest BCUT2D eigenvalue weighted by Crippen LogP contribution is -2.00. The molecule has 0 saturated heterocycles. The van der Waals surface area contributed by atoms with E-state index in [4.69, 9.17) is 25.9 Å². The fourth-order valence-corrected chi connectivity index (χ4v) is 8.08. The standard InChI is InChI=1S/C51H32N4S/c1-3-12-33(13-4-1)35-22-24-37(25-23-35)49-52-50(54-51(53-49)44-19-11-18-43-42-17-8-10-21-47(42)56-48(43)44)38-28-31-41-40-16-7-9-20-45(40)55(46(41)32-38)39-29-26-36(27-30-39)34-14-5-2-6-15-34/h1-32H/i2D,5D,6D,7D,9D,14D,15D,16D,20D,26D,27D,28D,29D,30D,31D,32D. The van der Waals surface area contributed by atoms with Gasteiger partial charge in [0.2, 0.25) is 0 Å². The third-order valence-electron chi connectivity index (χ3n) is 9.50. The summed E-state index contributed by atoms with van der Waals surface area (Å²) in [4.78, 5) is 14.8. The lowest BCUT2D eigenvalue weighted by molar-refractivity contribution is 1.08. The first kappa shape index (κ1) is 19.9. The maximum Gasteiger partial charge on any atom is 0.165 e. The highest BCUT2D eigenvalue weighted by Gasteiger charge is 2.19. The molecule has 4 nitrogen and oxygen atoms in total. The molecule has 56 heavy (non-hydrogen) atoms. The molecule has 11 rings (SSSR count). The molecule has 0 amide bonds. The van der Waals surface area contributed by atoms with Gasteiger partial charge in [0.15, 0.2) is 17.5 Å². The number of fused-ring (bicyclic) bond motifs is 6. The first-order valence-corrected chi connectivity index (χ1v) is 18.3. The largest absolute Gasteiger partial charge is 0.309 e. The molecule has 11 aromatic rings. The minimum Gasteiger partial charge on any atom is -0.309 e. The van der Waals surface area contributed by atoms with Crippen molar-refractivity contribution >= 4 is 53.3 Å². The summed E-state index contributed by atoms with van der Waals surface area (Å²) in [5.41, 5.74) is -0.0371. The van der Waals surface area contributed by atoms with Crippen molar-refractivity contribution in [3.05, 3.63) is 194 Å². The van der Waals surface area contributed by atoms with Gasteiger partial charge in [0.25, 0.3) is 0 Å². The summed E-state index contributed by atoms with van der Waals surface area (Å²) < 4.78 is 147. The smallest absolute Gasteiger partial charge is 0.165 e. The van der Waals surface area contributed by atoms with Crippen LogP contribution in [0.1, 0.15) is 21.9 Å². The van der Waals surface area contributed by atoms with E-state index >= 15 is 0 Å². The Bertz CT molecular complexity index is 4120. The Balaban J connectivity index is 1.24. The van der Waals surface area contributed by atoms with Gasteiger partial charge in [-0.1, -0.05) is 157 Å². The van der Waals surface area contributed by atoms with Crippen molar-refractivity contribution < 1.29 is 21.9 Å². The average molecular weight is 749 g/mol. The van der Waals surface area contributed by atoms with Crippen molar-refractivity contribution in [1.29, 1.82) is 0 Å². The first-order chi connectivity index (χ1) is 34.4. The molecule has 0 radical (unpaired) electrons. The summed E-state index contributed by atoms with van der Waals surface area (Å²) in [5.74, 6) is 0.0619. The molecule has 0 bridgehead atoms. The van der Waals surface area contributed by atoms with Crippen molar-refractivity contribution in [2.45, 2.75) is 0 Å². The molecule has 3 heterocycles. The van der Waals surface area contributed by atoms with E-state index in [1.165, 1.54) is 11.3 Å². The van der Waals surface area contributed by atoms with Gasteiger partial charge >= 0.3 is 0 Å². The van der Waals surface area contributed by atoms with Crippen molar-refractivity contribution in [2.75, 3.05) is 0 Å². The molecule has 3 aromatic heterocycles. The van der Waals surface area contributed by atoms with E-state index in [-0.39, 0.29) is 33.8 Å². The van der Waals surface area contributed by atoms with Crippen LogP contribution in [0.4, 0.5) is 0 Å². The summed E-state index contributed by atoms with van der Waals surface area (Å²) in [5, 5.41) is 1.27. The Labute approximate surface area is 350 Å². The van der Waals surface area contributed by atoms with Crippen LogP contribution in [-0.4, -0.2) is 19.5 Å². The van der Waals surface area contributed by atoms with Gasteiger partial charge in [-0.25, -0.2) is 15.0 Å². The van der Waals surface area contributed by atoms with Gasteiger partial charge in [-0.2, -0.15) is 0 Å². The van der Waals surface area contributed by atoms with Crippen LogP contribution >= 0.6 is 11.3 Å². The van der Waals surface area contributed by atoms with Crippen LogP contribution in [0.2, 0.25) is 0 Å². The zero-order valence-electron chi connectivity index (χ0n) is 44.9. The zero-order chi connectivity index (χ0) is 50.9. The molecule has 0 aliphatic heterocycles. The predicted molar refractivity (Wildman–Crippen MR) is 234 cm³/mol. The van der Waals surface area contributed by atoms with Gasteiger partial charge < -0.3 is 4.57 Å². The number of hydrogen-bond donors (Lipinski definition) is 0. The van der Waals surface area contributed by atoms with Crippen LogP contribution in [-0.2, 0) is 0 Å². The van der Waals surface area contributed by atoms with Crippen molar-refractivity contribution in [3.8, 4) is 62.1 Å². The summed E-state index contributed by atoms with van der Waals surface area (Å²) in [6, 6.07) is 18.7. The highest BCUT2D eigenvalue weighted by atomic mass is 32.1. The normalized spacial score (nSPS) is 15.6. The number of nitrogens with zero attached hydrogens (tertiary/aromatic N) is 4. The molecule has 0 unspecified atom stereocenters. The van der Waals surface area contributed by atoms with Crippen molar-refractivity contribution in [2.24, 2.45) is 0 Å². The van der Waals surface area contributed by atoms with Gasteiger partial charge in [0, 0.05) is 53.3 Å². The quantitative estimate of drug-likeness (QED) is 0.170. The molecule has 0 atom stereocenters. The summed E-state index contributed by atoms with van der Waals surface area (Å²) in [6.45, 7) is 0. The molecule has 0 aliphatic rings. The van der Waals surface area contributed by atoms with Crippen LogP contribution in [0.5, 0.6) is 0 Å². The number of rotatable bonds is 6. The van der Waals surface area contributed by atoms with Crippen LogP contribution in [0, 0.1) is 0 Å². The number of benzene rings is 8. The molecule has 262 valence electrons. The number of para-hydroxylation sites is 1. The summed E-state index contributed by atoms with van der Waals surface area (Å²) in [7, 11) is 0. The predicted octanol–water partition coefficient (Wildman–Crippen LogP) is 13.7. The Morgan fingerprint density at radius 1 is 0.411 bits per heavy atom. The van der Waals surface area contributed by atoms with E-state index in [1.54, 1.807) is 0 Å². The fourth-order valence-electron chi connectivity index (χ4n) is 6.87. The SMILES string of the molecule is [2H]c1c([2H])c([2H])c(-c2c([2H])c([2H])c(-n3c4c([2H])c([2H])c([2H])c([2H])c4c4c([2H])c([2H])c(-c5nc(-c6ccc(-c7ccccc7)cc6)nc(-c6cccc7c6sc6ccccc67)n5)c([2H])c43)c([2H])c2[2H])c([2H])c1[2H]. The van der Waals surface area contributed by atoms with E-state index in [1.807, 2.05) is 97.1 Å². The Morgan fingerprint density at radius 2 is 1.04 bits per heavy atom. The van der Waals surface area contributed by atoms with E-state index < -0.39 is 125 Å². The summed E-state index contributed by atoms with van der Waals surface area (Å²) in [6.07, 6.45) is 0. The lowest BCUT2D eigenvalue weighted by Gasteiger charge is -2.11. The van der Waals surface area contributed by atoms with Crippen LogP contribution < -0.4 is 0 Å². The lowest BCUT2D eigenvalue weighted by atomic mass is 10.0. The molecule has 0 aliphatic carbocycles. The maximum absolute atomic E-state index is 10.0. The minimum absolute atomic E-state index is 0.140. The molecule has 8 aromatic carbocycles. The Kier molecular flexibility index (Phi) is 4.72. The molecular formula is C51H32N4S. The van der Waals surface area contributed by atoms with E-state index in [0.29, 0.717) is 11.1 Å². The zero-order valence-corrected chi connectivity index (χ0v) is 29.8. The average Bonchev–Trinajstić information content (AvgIpc) is 3.96. The minimum atomic E-state index is -0.869. The topological polar surface area (TPSA) is 43.6 Å². The fraction of sp³-hybridized carbons (Fsp3) is 0. The Morgan fingerprint density at radius 3 is 1.88 bits per heavy atom. The van der Waals surface area contributed by atoms with Crippen LogP contribution in [0.15, 0.2) is 194 Å². The highest BCUT2D eigenvalue weighted by Crippen LogP contribution is 2.40. The molecular weight excluding hydrogens is 701 g/mol. The van der Waals surface area contributed by atoms with E-state index in [9.17, 15) is 11.0 Å². The molecule has 0 fully saturated rings. The maximum atomic E-state index is 10.0. The summed E-state index contributed by atoms with van der Waals surface area (Å²) >= 11 is 1.52. The third kappa shape index (κ3) is 5.48. The Hall–Kier alpha value is -7.21. The van der Waals surface area contributed by atoms with Gasteiger partial charge in [-0.3, -0.25) is 0 Å². The second-order valence-electron chi connectivity index (χ2n) is 12.8. The van der Waals surface area contributed by atoms with E-state index in [2.05, 4.69) is 0 Å². The van der Waals surface area contributed by atoms with Gasteiger partial charge in [-0.15, -0.1) is 11.3 Å². The number of hydrogen-bond acceptors (Lipinski definition) is 4. The molecule has 0 spiro atoms. The van der Waals surface area contributed by atoms with Crippen LogP contribution in [0.25, 0.3) is 104 Å². The third-order valence-corrected chi connectivity index (χ3v) is 10.7. The van der Waals surface area contributed by atoms with Crippen molar-refractivity contribution in [1.82, 2.24) is 19.5 Å². The number of thiophene rings is 1. The monoisotopic (exact) mass is 748 g/mol. The number of aromatic nitrogens is 4. The van der Waals surface area contributed by atoms with Gasteiger partial charge in [-0.05, 0) is 58.6 Å². The highest BCUT2D eigenvalue weighted by molar-refractivity contribution is 7.26. The molecule has 0 N–H and O–H groups in total. The van der Waals surface area contributed by atoms with Gasteiger partial charge in [0.1, 0.15) is 0 Å². The van der Waals surface area contributed by atoms with Crippen molar-refractivity contribution in [3.63, 3.8) is 0 Å².